The molecule has 0 aliphatic rings. The summed E-state index contributed by atoms with van der Waals surface area (Å²) < 4.78 is 26.8. The van der Waals surface area contributed by atoms with Crippen molar-refractivity contribution >= 4 is 62.3 Å². The number of nitrogens with zero attached hydrogens (tertiary/aromatic N) is 2. The van der Waals surface area contributed by atoms with Crippen LogP contribution in [0.4, 0.5) is 5.69 Å². The number of hydrogen-bond donors (Lipinski definition) is 1. The first-order chi connectivity index (χ1) is 19.3. The average molecular weight is 639 g/mol. The zero-order valence-electron chi connectivity index (χ0n) is 23.4. The molecule has 1 N–H and O–H groups in total. The minimum absolute atomic E-state index is 0.0479. The average Bonchev–Trinajstić information content (AvgIpc) is 2.90. The van der Waals surface area contributed by atoms with Gasteiger partial charge in [-0.15, -0.1) is 0 Å². The number of aryl methyl sites for hydroxylation is 1. The van der Waals surface area contributed by atoms with Crippen LogP contribution in [0.25, 0.3) is 0 Å². The molecule has 0 fully saturated rings. The van der Waals surface area contributed by atoms with Gasteiger partial charge < -0.3 is 10.2 Å². The minimum Gasteiger partial charge on any atom is -0.354 e. The maximum Gasteiger partial charge on any atom is 0.244 e. The van der Waals surface area contributed by atoms with Crippen LogP contribution < -0.4 is 9.62 Å². The van der Waals surface area contributed by atoms with Gasteiger partial charge in [0.2, 0.25) is 21.8 Å². The van der Waals surface area contributed by atoms with E-state index in [-0.39, 0.29) is 30.5 Å². The zero-order valence-corrected chi connectivity index (χ0v) is 26.5. The molecule has 0 heterocycles. The first-order valence-corrected chi connectivity index (χ1v) is 16.0. The number of carbonyl (C=O) groups excluding carboxylic acids is 2. The van der Waals surface area contributed by atoms with E-state index in [4.69, 9.17) is 34.8 Å². The van der Waals surface area contributed by atoms with Crippen LogP contribution in [0, 0.1) is 12.8 Å². The number of hydrogen-bond acceptors (Lipinski definition) is 4. The fourth-order valence-electron chi connectivity index (χ4n) is 4.16. The molecular weight excluding hydrogens is 605 g/mol. The molecule has 0 unspecified atom stereocenters. The summed E-state index contributed by atoms with van der Waals surface area (Å²) in [5, 5.41) is 4.05. The fraction of sp³-hybridized carbons (Fsp3) is 0.333. The molecule has 0 aliphatic heterocycles. The van der Waals surface area contributed by atoms with E-state index in [0.717, 1.165) is 21.7 Å². The Balaban J connectivity index is 2.08. The van der Waals surface area contributed by atoms with Gasteiger partial charge in [-0.05, 0) is 53.8 Å². The Hall–Kier alpha value is -2.78. The Morgan fingerprint density at radius 1 is 0.927 bits per heavy atom. The van der Waals surface area contributed by atoms with Crippen molar-refractivity contribution in [1.29, 1.82) is 0 Å². The SMILES string of the molecule is Cc1ccc(N(CC(=O)N(Cc2ccc(Cl)cc2Cl)[C@H](Cc2ccccc2)C(=O)NCC(C)C)S(C)(=O)=O)cc1Cl. The second-order valence-corrected chi connectivity index (χ2v) is 13.5. The lowest BCUT2D eigenvalue weighted by Gasteiger charge is -2.34. The molecule has 11 heteroatoms. The number of amides is 2. The maximum absolute atomic E-state index is 14.1. The van der Waals surface area contributed by atoms with Crippen LogP contribution in [0.15, 0.2) is 66.7 Å². The molecule has 0 aromatic heterocycles. The van der Waals surface area contributed by atoms with Gasteiger partial charge in [-0.25, -0.2) is 8.42 Å². The van der Waals surface area contributed by atoms with E-state index in [0.29, 0.717) is 27.2 Å². The molecule has 0 aliphatic carbocycles. The lowest BCUT2D eigenvalue weighted by molar-refractivity contribution is -0.140. The van der Waals surface area contributed by atoms with Crippen LogP contribution in [-0.2, 0) is 32.6 Å². The number of rotatable bonds is 12. The quantitative estimate of drug-likeness (QED) is 0.259. The molecule has 1 atom stereocenters. The van der Waals surface area contributed by atoms with Crippen molar-refractivity contribution in [3.8, 4) is 0 Å². The van der Waals surface area contributed by atoms with Gasteiger partial charge in [-0.3, -0.25) is 13.9 Å². The molecule has 3 aromatic carbocycles. The predicted molar refractivity (Wildman–Crippen MR) is 167 cm³/mol. The normalized spacial score (nSPS) is 12.2. The van der Waals surface area contributed by atoms with Crippen LogP contribution in [0.1, 0.15) is 30.5 Å². The first kappa shape index (κ1) is 32.7. The van der Waals surface area contributed by atoms with Gasteiger partial charge in [0.05, 0.1) is 11.9 Å². The Kier molecular flexibility index (Phi) is 11.5. The van der Waals surface area contributed by atoms with E-state index in [1.807, 2.05) is 44.2 Å². The number of carbonyl (C=O) groups is 2. The van der Waals surface area contributed by atoms with Gasteiger partial charge in [0.15, 0.2) is 0 Å². The van der Waals surface area contributed by atoms with Gasteiger partial charge in [-0.1, -0.05) is 91.1 Å². The number of anilines is 1. The molecule has 0 bridgehead atoms. The van der Waals surface area contributed by atoms with Crippen molar-refractivity contribution in [2.75, 3.05) is 23.7 Å². The molecule has 0 saturated heterocycles. The van der Waals surface area contributed by atoms with Crippen LogP contribution in [-0.4, -0.2) is 50.5 Å². The molecule has 3 rings (SSSR count). The van der Waals surface area contributed by atoms with Gasteiger partial charge >= 0.3 is 0 Å². The highest BCUT2D eigenvalue weighted by Crippen LogP contribution is 2.27. The summed E-state index contributed by atoms with van der Waals surface area (Å²) in [5.41, 5.74) is 2.40. The molecule has 220 valence electrons. The topological polar surface area (TPSA) is 86.8 Å². The zero-order chi connectivity index (χ0) is 30.3. The fourth-order valence-corrected chi connectivity index (χ4v) is 5.65. The molecule has 0 spiro atoms. The third-order valence-corrected chi connectivity index (χ3v) is 8.57. The highest BCUT2D eigenvalue weighted by Gasteiger charge is 2.33. The van der Waals surface area contributed by atoms with Crippen molar-refractivity contribution in [2.45, 2.75) is 39.8 Å². The van der Waals surface area contributed by atoms with E-state index in [1.54, 1.807) is 37.3 Å². The standard InChI is InChI=1S/C30H34Cl3N3O4S/c1-20(2)17-34-30(38)28(14-22-8-6-5-7-9-22)35(18-23-11-12-24(31)15-27(23)33)29(37)19-36(41(4,39)40)25-13-10-21(3)26(32)16-25/h5-13,15-16,20,28H,14,17-19H2,1-4H3,(H,34,38)/t28-/m1/s1. The van der Waals surface area contributed by atoms with Crippen LogP contribution >= 0.6 is 34.8 Å². The summed E-state index contributed by atoms with van der Waals surface area (Å²) in [7, 11) is -3.91. The second kappa shape index (κ2) is 14.4. The molecule has 0 radical (unpaired) electrons. The second-order valence-electron chi connectivity index (χ2n) is 10.3. The number of halogens is 3. The van der Waals surface area contributed by atoms with Crippen LogP contribution in [0.2, 0.25) is 15.1 Å². The number of benzene rings is 3. The lowest BCUT2D eigenvalue weighted by Crippen LogP contribution is -2.53. The first-order valence-electron chi connectivity index (χ1n) is 13.0. The molecule has 2 amide bonds. The Bertz CT molecular complexity index is 1480. The maximum atomic E-state index is 14.1. The molecule has 0 saturated carbocycles. The summed E-state index contributed by atoms with van der Waals surface area (Å²) in [6, 6.07) is 18.0. The van der Waals surface area contributed by atoms with Gasteiger partial charge in [0.25, 0.3) is 0 Å². The van der Waals surface area contributed by atoms with Crippen molar-refractivity contribution in [3.05, 3.63) is 98.5 Å². The predicted octanol–water partition coefficient (Wildman–Crippen LogP) is 6.13. The minimum atomic E-state index is -3.91. The van der Waals surface area contributed by atoms with E-state index in [2.05, 4.69) is 5.32 Å². The summed E-state index contributed by atoms with van der Waals surface area (Å²) in [5.74, 6) is -0.762. The van der Waals surface area contributed by atoms with Gasteiger partial charge in [0, 0.05) is 34.6 Å². The molecule has 7 nitrogen and oxygen atoms in total. The Morgan fingerprint density at radius 2 is 1.61 bits per heavy atom. The largest absolute Gasteiger partial charge is 0.354 e. The Labute approximate surface area is 257 Å². The van der Waals surface area contributed by atoms with E-state index < -0.39 is 28.5 Å². The molecule has 41 heavy (non-hydrogen) atoms. The van der Waals surface area contributed by atoms with Crippen molar-refractivity contribution in [2.24, 2.45) is 5.92 Å². The summed E-state index contributed by atoms with van der Waals surface area (Å²) >= 11 is 18.9. The molecular formula is C30H34Cl3N3O4S. The summed E-state index contributed by atoms with van der Waals surface area (Å²) in [4.78, 5) is 29.2. The van der Waals surface area contributed by atoms with Gasteiger partial charge in [0.1, 0.15) is 12.6 Å². The number of nitrogens with one attached hydrogen (secondary N) is 1. The van der Waals surface area contributed by atoms with Crippen molar-refractivity contribution in [1.82, 2.24) is 10.2 Å². The third-order valence-electron chi connectivity index (χ3n) is 6.43. The van der Waals surface area contributed by atoms with Crippen LogP contribution in [0.5, 0.6) is 0 Å². The lowest BCUT2D eigenvalue weighted by atomic mass is 10.0. The highest BCUT2D eigenvalue weighted by atomic mass is 35.5. The van der Waals surface area contributed by atoms with Gasteiger partial charge in [-0.2, -0.15) is 0 Å². The summed E-state index contributed by atoms with van der Waals surface area (Å²) in [6.07, 6.45) is 1.22. The number of sulfonamides is 1. The highest BCUT2D eigenvalue weighted by molar-refractivity contribution is 7.92. The monoisotopic (exact) mass is 637 g/mol. The van der Waals surface area contributed by atoms with E-state index in [1.165, 1.54) is 11.0 Å². The van der Waals surface area contributed by atoms with E-state index in [9.17, 15) is 18.0 Å². The Morgan fingerprint density at radius 3 is 2.20 bits per heavy atom. The van der Waals surface area contributed by atoms with Crippen LogP contribution in [0.3, 0.4) is 0 Å². The summed E-state index contributed by atoms with van der Waals surface area (Å²) in [6.45, 7) is 5.55. The smallest absolute Gasteiger partial charge is 0.244 e. The molecule has 3 aromatic rings. The van der Waals surface area contributed by atoms with Crippen molar-refractivity contribution < 1.29 is 18.0 Å². The third kappa shape index (κ3) is 9.36. The van der Waals surface area contributed by atoms with E-state index >= 15 is 0 Å². The van der Waals surface area contributed by atoms with Crippen molar-refractivity contribution in [3.63, 3.8) is 0 Å².